The van der Waals surface area contributed by atoms with Gasteiger partial charge in [0.2, 0.25) is 0 Å². The smallest absolute Gasteiger partial charge is 0.255 e. The predicted molar refractivity (Wildman–Crippen MR) is 118 cm³/mol. The Morgan fingerprint density at radius 2 is 1.57 bits per heavy atom. The Bertz CT molecular complexity index is 939. The largest absolute Gasteiger partial charge is 0.494 e. The molecule has 0 saturated heterocycles. The molecule has 3 rings (SSSR count). The number of hydrogen-bond acceptors (Lipinski definition) is 4. The van der Waals surface area contributed by atoms with Crippen molar-refractivity contribution in [2.75, 3.05) is 18.5 Å². The second-order valence-electron chi connectivity index (χ2n) is 6.65. The Balaban J connectivity index is 1.67. The van der Waals surface area contributed by atoms with E-state index in [1.54, 1.807) is 6.07 Å². The summed E-state index contributed by atoms with van der Waals surface area (Å²) in [5.74, 6) is 1.31. The van der Waals surface area contributed by atoms with Crippen LogP contribution in [-0.4, -0.2) is 19.1 Å². The van der Waals surface area contributed by atoms with Crippen LogP contribution in [-0.2, 0) is 18.0 Å². The lowest BCUT2D eigenvalue weighted by Crippen LogP contribution is -2.13. The molecule has 0 heterocycles. The van der Waals surface area contributed by atoms with Gasteiger partial charge in [-0.25, -0.2) is 0 Å². The fourth-order valence-electron chi connectivity index (χ4n) is 2.99. The first-order valence-corrected chi connectivity index (χ1v) is 10.1. The van der Waals surface area contributed by atoms with Crippen LogP contribution in [0.5, 0.6) is 11.5 Å². The first-order valence-electron chi connectivity index (χ1n) is 10.1. The molecular weight excluding hydrogens is 378 g/mol. The molecule has 30 heavy (non-hydrogen) atoms. The van der Waals surface area contributed by atoms with Crippen LogP contribution in [0.4, 0.5) is 5.69 Å². The van der Waals surface area contributed by atoms with Gasteiger partial charge in [-0.05, 0) is 61.9 Å². The van der Waals surface area contributed by atoms with E-state index in [4.69, 9.17) is 14.2 Å². The van der Waals surface area contributed by atoms with Crippen molar-refractivity contribution in [3.05, 3.63) is 89.5 Å². The topological polar surface area (TPSA) is 56.8 Å². The fraction of sp³-hybridized carbons (Fsp3) is 0.240. The van der Waals surface area contributed by atoms with Gasteiger partial charge in [-0.3, -0.25) is 4.79 Å². The number of nitrogens with one attached hydrogen (secondary N) is 1. The first kappa shape index (κ1) is 21.4. The molecule has 1 N–H and O–H groups in total. The molecule has 5 heteroatoms. The van der Waals surface area contributed by atoms with Gasteiger partial charge in [0.15, 0.2) is 0 Å². The lowest BCUT2D eigenvalue weighted by molar-refractivity contribution is 0.101. The molecule has 0 aliphatic carbocycles. The van der Waals surface area contributed by atoms with Crippen molar-refractivity contribution >= 4 is 11.6 Å². The highest BCUT2D eigenvalue weighted by Crippen LogP contribution is 2.23. The Morgan fingerprint density at radius 3 is 2.27 bits per heavy atom. The summed E-state index contributed by atoms with van der Waals surface area (Å²) in [5, 5.41) is 2.91. The number of ether oxygens (including phenoxy) is 3. The summed E-state index contributed by atoms with van der Waals surface area (Å²) in [4.78, 5) is 12.7. The minimum atomic E-state index is -0.188. The Kier molecular flexibility index (Phi) is 7.86. The maximum absolute atomic E-state index is 12.7. The molecule has 0 aliphatic rings. The van der Waals surface area contributed by atoms with Crippen LogP contribution in [0.15, 0.2) is 72.8 Å². The number of hydrogen-bond donors (Lipinski definition) is 1. The van der Waals surface area contributed by atoms with Crippen LogP contribution in [0.1, 0.15) is 35.3 Å². The summed E-state index contributed by atoms with van der Waals surface area (Å²) in [6.07, 6.45) is 0. The standard InChI is InChI=1S/C25H27NO4/c1-3-29-23-13-11-22(12-14-23)26-25(27)20-10-15-24(30-4-2)21(16-20)18-28-17-19-8-6-5-7-9-19/h5-16H,3-4,17-18H2,1-2H3,(H,26,27). The zero-order valence-electron chi connectivity index (χ0n) is 17.4. The third-order valence-corrected chi connectivity index (χ3v) is 4.41. The van der Waals surface area contributed by atoms with E-state index < -0.39 is 0 Å². The first-order chi connectivity index (χ1) is 14.7. The second kappa shape index (κ2) is 11.0. The monoisotopic (exact) mass is 405 g/mol. The van der Waals surface area contributed by atoms with Crippen LogP contribution in [0.25, 0.3) is 0 Å². The van der Waals surface area contributed by atoms with Crippen LogP contribution in [0, 0.1) is 0 Å². The third-order valence-electron chi connectivity index (χ3n) is 4.41. The molecule has 0 aromatic heterocycles. The summed E-state index contributed by atoms with van der Waals surface area (Å²) >= 11 is 0. The molecule has 0 saturated carbocycles. The van der Waals surface area contributed by atoms with E-state index in [9.17, 15) is 4.79 Å². The summed E-state index contributed by atoms with van der Waals surface area (Å²) in [6.45, 7) is 5.86. The van der Waals surface area contributed by atoms with Crippen LogP contribution in [0.3, 0.4) is 0 Å². The van der Waals surface area contributed by atoms with E-state index in [0.29, 0.717) is 37.7 Å². The van der Waals surface area contributed by atoms with Crippen molar-refractivity contribution in [2.24, 2.45) is 0 Å². The molecule has 0 atom stereocenters. The molecule has 0 bridgehead atoms. The molecule has 0 spiro atoms. The van der Waals surface area contributed by atoms with E-state index in [2.05, 4.69) is 5.32 Å². The normalized spacial score (nSPS) is 10.5. The quantitative estimate of drug-likeness (QED) is 0.487. The van der Waals surface area contributed by atoms with Crippen molar-refractivity contribution < 1.29 is 19.0 Å². The molecular formula is C25H27NO4. The van der Waals surface area contributed by atoms with E-state index in [1.165, 1.54) is 0 Å². The van der Waals surface area contributed by atoms with Crippen molar-refractivity contribution in [2.45, 2.75) is 27.1 Å². The molecule has 156 valence electrons. The van der Waals surface area contributed by atoms with E-state index >= 15 is 0 Å². The molecule has 1 amide bonds. The maximum atomic E-state index is 12.7. The minimum absolute atomic E-state index is 0.188. The van der Waals surface area contributed by atoms with Crippen LogP contribution in [0.2, 0.25) is 0 Å². The predicted octanol–water partition coefficient (Wildman–Crippen LogP) is 5.45. The van der Waals surface area contributed by atoms with Gasteiger partial charge in [0.05, 0.1) is 26.4 Å². The zero-order valence-corrected chi connectivity index (χ0v) is 17.4. The average Bonchev–Trinajstić information content (AvgIpc) is 2.77. The van der Waals surface area contributed by atoms with Gasteiger partial charge >= 0.3 is 0 Å². The van der Waals surface area contributed by atoms with E-state index in [-0.39, 0.29) is 5.91 Å². The Labute approximate surface area is 177 Å². The number of carbonyl (C=O) groups excluding carboxylic acids is 1. The summed E-state index contributed by atoms with van der Waals surface area (Å²) in [7, 11) is 0. The van der Waals surface area contributed by atoms with Gasteiger partial charge in [0.25, 0.3) is 5.91 Å². The molecule has 5 nitrogen and oxygen atoms in total. The number of carbonyl (C=O) groups is 1. The van der Waals surface area contributed by atoms with E-state index in [1.807, 2.05) is 80.6 Å². The molecule has 0 aliphatic heterocycles. The Hall–Kier alpha value is -3.31. The van der Waals surface area contributed by atoms with Crippen molar-refractivity contribution in [3.8, 4) is 11.5 Å². The molecule has 3 aromatic carbocycles. The lowest BCUT2D eigenvalue weighted by atomic mass is 10.1. The van der Waals surface area contributed by atoms with Crippen LogP contribution >= 0.6 is 0 Å². The number of benzene rings is 3. The molecule has 0 radical (unpaired) electrons. The van der Waals surface area contributed by atoms with Gasteiger partial charge in [-0.1, -0.05) is 30.3 Å². The van der Waals surface area contributed by atoms with Gasteiger partial charge < -0.3 is 19.5 Å². The molecule has 0 unspecified atom stereocenters. The maximum Gasteiger partial charge on any atom is 0.255 e. The van der Waals surface area contributed by atoms with Gasteiger partial charge in [-0.2, -0.15) is 0 Å². The third kappa shape index (κ3) is 6.09. The average molecular weight is 405 g/mol. The highest BCUT2D eigenvalue weighted by atomic mass is 16.5. The fourth-order valence-corrected chi connectivity index (χ4v) is 2.99. The number of amides is 1. The lowest BCUT2D eigenvalue weighted by Gasteiger charge is -2.13. The van der Waals surface area contributed by atoms with Crippen molar-refractivity contribution in [1.82, 2.24) is 0 Å². The summed E-state index contributed by atoms with van der Waals surface area (Å²) in [6, 6.07) is 22.7. The van der Waals surface area contributed by atoms with E-state index in [0.717, 1.165) is 22.6 Å². The Morgan fingerprint density at radius 1 is 0.833 bits per heavy atom. The highest BCUT2D eigenvalue weighted by molar-refractivity contribution is 6.04. The van der Waals surface area contributed by atoms with Crippen molar-refractivity contribution in [1.29, 1.82) is 0 Å². The molecule has 0 fully saturated rings. The zero-order chi connectivity index (χ0) is 21.2. The van der Waals surface area contributed by atoms with Crippen LogP contribution < -0.4 is 14.8 Å². The summed E-state index contributed by atoms with van der Waals surface area (Å²) < 4.78 is 17.0. The van der Waals surface area contributed by atoms with Gasteiger partial charge in [0, 0.05) is 16.8 Å². The van der Waals surface area contributed by atoms with Gasteiger partial charge in [-0.15, -0.1) is 0 Å². The SMILES string of the molecule is CCOc1ccc(NC(=O)c2ccc(OCC)c(COCc3ccccc3)c2)cc1. The molecule has 3 aromatic rings. The van der Waals surface area contributed by atoms with Gasteiger partial charge in [0.1, 0.15) is 11.5 Å². The number of anilines is 1. The second-order valence-corrected chi connectivity index (χ2v) is 6.65. The highest BCUT2D eigenvalue weighted by Gasteiger charge is 2.12. The summed E-state index contributed by atoms with van der Waals surface area (Å²) in [5.41, 5.74) is 3.19. The number of rotatable bonds is 10. The van der Waals surface area contributed by atoms with Crippen molar-refractivity contribution in [3.63, 3.8) is 0 Å². The minimum Gasteiger partial charge on any atom is -0.494 e.